The highest BCUT2D eigenvalue weighted by molar-refractivity contribution is 5.77. The molecule has 5 heteroatoms. The summed E-state index contributed by atoms with van der Waals surface area (Å²) in [5.74, 6) is 2.01. The number of guanidine groups is 1. The van der Waals surface area contributed by atoms with E-state index < -0.39 is 0 Å². The molecule has 2 aliphatic carbocycles. The van der Waals surface area contributed by atoms with E-state index in [1.807, 2.05) is 12.1 Å². The molecule has 0 radical (unpaired) electrons. The number of nitrogens with one attached hydrogen (secondary N) is 1. The SMILES string of the molecule is NC(=NCc1ccnc(OC2CCC2)c1)NCC1CCC1. The number of nitrogens with zero attached hydrogens (tertiary/aromatic N) is 2. The van der Waals surface area contributed by atoms with E-state index in [1.165, 1.54) is 25.7 Å². The van der Waals surface area contributed by atoms with Gasteiger partial charge in [0.05, 0.1) is 6.54 Å². The van der Waals surface area contributed by atoms with E-state index in [9.17, 15) is 0 Å². The molecule has 0 bridgehead atoms. The Kier molecular flexibility index (Phi) is 4.58. The zero-order chi connectivity index (χ0) is 14.5. The molecule has 0 unspecified atom stereocenters. The van der Waals surface area contributed by atoms with Crippen LogP contribution in [0.2, 0.25) is 0 Å². The van der Waals surface area contributed by atoms with Crippen LogP contribution < -0.4 is 15.8 Å². The van der Waals surface area contributed by atoms with E-state index >= 15 is 0 Å². The number of aromatic nitrogens is 1. The van der Waals surface area contributed by atoms with Crippen LogP contribution in [-0.2, 0) is 6.54 Å². The first-order chi connectivity index (χ1) is 10.3. The topological polar surface area (TPSA) is 72.5 Å². The molecule has 3 rings (SSSR count). The normalized spacial score (nSPS) is 19.7. The molecule has 0 aromatic carbocycles. The number of hydrogen-bond donors (Lipinski definition) is 2. The summed E-state index contributed by atoms with van der Waals surface area (Å²) in [5.41, 5.74) is 6.97. The lowest BCUT2D eigenvalue weighted by Gasteiger charge is -2.25. The molecule has 2 fully saturated rings. The molecule has 0 saturated heterocycles. The molecule has 0 amide bonds. The summed E-state index contributed by atoms with van der Waals surface area (Å²) < 4.78 is 5.79. The zero-order valence-corrected chi connectivity index (χ0v) is 12.4. The van der Waals surface area contributed by atoms with E-state index in [4.69, 9.17) is 10.5 Å². The minimum Gasteiger partial charge on any atom is -0.474 e. The maximum Gasteiger partial charge on any atom is 0.213 e. The predicted octanol–water partition coefficient (Wildman–Crippen LogP) is 2.22. The number of pyridine rings is 1. The summed E-state index contributed by atoms with van der Waals surface area (Å²) in [6, 6.07) is 3.91. The average molecular weight is 288 g/mol. The lowest BCUT2D eigenvalue weighted by atomic mass is 9.85. The molecule has 3 N–H and O–H groups in total. The third kappa shape index (κ3) is 4.09. The van der Waals surface area contributed by atoms with Crippen molar-refractivity contribution in [2.45, 2.75) is 51.2 Å². The van der Waals surface area contributed by atoms with Crippen LogP contribution >= 0.6 is 0 Å². The summed E-state index contributed by atoms with van der Waals surface area (Å²) in [5, 5.41) is 3.20. The number of hydrogen-bond acceptors (Lipinski definition) is 3. The summed E-state index contributed by atoms with van der Waals surface area (Å²) in [7, 11) is 0. The van der Waals surface area contributed by atoms with Gasteiger partial charge in [0.25, 0.3) is 0 Å². The van der Waals surface area contributed by atoms with E-state index in [0.717, 1.165) is 30.9 Å². The van der Waals surface area contributed by atoms with Crippen molar-refractivity contribution in [3.05, 3.63) is 23.9 Å². The monoisotopic (exact) mass is 288 g/mol. The van der Waals surface area contributed by atoms with E-state index in [1.54, 1.807) is 6.20 Å². The van der Waals surface area contributed by atoms with Crippen LogP contribution in [0, 0.1) is 5.92 Å². The van der Waals surface area contributed by atoms with Gasteiger partial charge >= 0.3 is 0 Å². The fourth-order valence-corrected chi connectivity index (χ4v) is 2.45. The van der Waals surface area contributed by atoms with Gasteiger partial charge in [-0.15, -0.1) is 0 Å². The smallest absolute Gasteiger partial charge is 0.213 e. The molecular formula is C16H24N4O. The van der Waals surface area contributed by atoms with Crippen molar-refractivity contribution >= 4 is 5.96 Å². The van der Waals surface area contributed by atoms with Crippen LogP contribution in [0.25, 0.3) is 0 Å². The highest BCUT2D eigenvalue weighted by atomic mass is 16.5. The Morgan fingerprint density at radius 1 is 1.33 bits per heavy atom. The first kappa shape index (κ1) is 14.2. The van der Waals surface area contributed by atoms with Crippen LogP contribution in [0.1, 0.15) is 44.1 Å². The van der Waals surface area contributed by atoms with Gasteiger partial charge in [-0.05, 0) is 49.7 Å². The van der Waals surface area contributed by atoms with Crippen molar-refractivity contribution < 1.29 is 4.74 Å². The zero-order valence-electron chi connectivity index (χ0n) is 12.4. The summed E-state index contributed by atoms with van der Waals surface area (Å²) in [6.45, 7) is 1.51. The first-order valence-corrected chi connectivity index (χ1v) is 7.95. The van der Waals surface area contributed by atoms with Crippen LogP contribution in [0.5, 0.6) is 5.88 Å². The lowest BCUT2D eigenvalue weighted by molar-refractivity contribution is 0.114. The van der Waals surface area contributed by atoms with E-state index in [-0.39, 0.29) is 0 Å². The van der Waals surface area contributed by atoms with Gasteiger partial charge in [0.2, 0.25) is 5.88 Å². The predicted molar refractivity (Wildman–Crippen MR) is 83.2 cm³/mol. The molecule has 1 aromatic rings. The van der Waals surface area contributed by atoms with Gasteiger partial charge < -0.3 is 15.8 Å². The Bertz CT molecular complexity index is 495. The third-order valence-electron chi connectivity index (χ3n) is 4.37. The summed E-state index contributed by atoms with van der Waals surface area (Å²) in [4.78, 5) is 8.63. The molecule has 2 aliphatic rings. The van der Waals surface area contributed by atoms with Crippen LogP contribution in [-0.4, -0.2) is 23.6 Å². The molecule has 0 atom stereocenters. The molecule has 1 aromatic heterocycles. The molecule has 0 spiro atoms. The molecule has 114 valence electrons. The minimum absolute atomic E-state index is 0.352. The summed E-state index contributed by atoms with van der Waals surface area (Å²) in [6.07, 6.45) is 9.65. The van der Waals surface area contributed by atoms with Crippen molar-refractivity contribution in [3.63, 3.8) is 0 Å². The molecule has 21 heavy (non-hydrogen) atoms. The Hall–Kier alpha value is -1.78. The standard InChI is InChI=1S/C16H24N4O/c17-16(19-10-12-3-1-4-12)20-11-13-7-8-18-15(9-13)21-14-5-2-6-14/h7-9,12,14H,1-6,10-11H2,(H3,17,19,20). The molecule has 0 aliphatic heterocycles. The Morgan fingerprint density at radius 2 is 2.14 bits per heavy atom. The molecular weight excluding hydrogens is 264 g/mol. The minimum atomic E-state index is 0.352. The van der Waals surface area contributed by atoms with Gasteiger partial charge in [-0.1, -0.05) is 6.42 Å². The highest BCUT2D eigenvalue weighted by Crippen LogP contribution is 2.25. The van der Waals surface area contributed by atoms with Gasteiger partial charge in [0, 0.05) is 18.8 Å². The molecule has 1 heterocycles. The maximum absolute atomic E-state index is 5.89. The van der Waals surface area contributed by atoms with Crippen LogP contribution in [0.4, 0.5) is 0 Å². The number of ether oxygens (including phenoxy) is 1. The van der Waals surface area contributed by atoms with Gasteiger partial charge in [-0.25, -0.2) is 9.98 Å². The fraction of sp³-hybridized carbons (Fsp3) is 0.625. The van der Waals surface area contributed by atoms with Gasteiger partial charge in [0.1, 0.15) is 6.10 Å². The third-order valence-corrected chi connectivity index (χ3v) is 4.37. The lowest BCUT2D eigenvalue weighted by Crippen LogP contribution is -2.37. The number of aliphatic imine (C=N–C) groups is 1. The van der Waals surface area contributed by atoms with Crippen LogP contribution in [0.3, 0.4) is 0 Å². The Labute approximate surface area is 126 Å². The second kappa shape index (κ2) is 6.78. The molecule has 5 nitrogen and oxygen atoms in total. The quantitative estimate of drug-likeness (QED) is 0.622. The van der Waals surface area contributed by atoms with Crippen molar-refractivity contribution in [2.75, 3.05) is 6.54 Å². The van der Waals surface area contributed by atoms with Crippen molar-refractivity contribution in [2.24, 2.45) is 16.6 Å². The van der Waals surface area contributed by atoms with E-state index in [2.05, 4.69) is 15.3 Å². The summed E-state index contributed by atoms with van der Waals surface area (Å²) >= 11 is 0. The maximum atomic E-state index is 5.89. The fourth-order valence-electron chi connectivity index (χ4n) is 2.45. The second-order valence-corrected chi connectivity index (χ2v) is 6.05. The number of rotatable bonds is 6. The largest absolute Gasteiger partial charge is 0.474 e. The Balaban J connectivity index is 1.47. The van der Waals surface area contributed by atoms with Crippen molar-refractivity contribution in [3.8, 4) is 5.88 Å². The van der Waals surface area contributed by atoms with Gasteiger partial charge in [0.15, 0.2) is 5.96 Å². The highest BCUT2D eigenvalue weighted by Gasteiger charge is 2.19. The molecule has 2 saturated carbocycles. The van der Waals surface area contributed by atoms with E-state index in [0.29, 0.717) is 24.5 Å². The number of nitrogens with two attached hydrogens (primary N) is 1. The van der Waals surface area contributed by atoms with Crippen molar-refractivity contribution in [1.82, 2.24) is 10.3 Å². The van der Waals surface area contributed by atoms with Gasteiger partial charge in [-0.3, -0.25) is 0 Å². The van der Waals surface area contributed by atoms with Crippen LogP contribution in [0.15, 0.2) is 23.3 Å². The average Bonchev–Trinajstić information content (AvgIpc) is 2.39. The first-order valence-electron chi connectivity index (χ1n) is 7.95. The van der Waals surface area contributed by atoms with Gasteiger partial charge in [-0.2, -0.15) is 0 Å². The second-order valence-electron chi connectivity index (χ2n) is 6.05. The Morgan fingerprint density at radius 3 is 2.81 bits per heavy atom. The van der Waals surface area contributed by atoms with Crippen molar-refractivity contribution in [1.29, 1.82) is 0 Å².